The Kier molecular flexibility index (Phi) is 3.47. The maximum Gasteiger partial charge on any atom is 0.230 e. The number of nitrogens with two attached hydrogens (primary N) is 1. The van der Waals surface area contributed by atoms with Crippen LogP contribution in [0, 0.1) is 11.6 Å². The molecule has 3 rings (SSSR count). The van der Waals surface area contributed by atoms with Gasteiger partial charge in [-0.2, -0.15) is 0 Å². The second-order valence-electron chi connectivity index (χ2n) is 4.41. The van der Waals surface area contributed by atoms with E-state index in [2.05, 4.69) is 21.1 Å². The van der Waals surface area contributed by atoms with E-state index in [1.165, 1.54) is 18.2 Å². The van der Waals surface area contributed by atoms with E-state index in [0.717, 1.165) is 0 Å². The van der Waals surface area contributed by atoms with E-state index in [1.807, 2.05) is 0 Å². The van der Waals surface area contributed by atoms with Crippen LogP contribution in [0.15, 0.2) is 51.5 Å². The smallest absolute Gasteiger partial charge is 0.230 e. The van der Waals surface area contributed by atoms with Crippen LogP contribution in [0.3, 0.4) is 0 Å². The SMILES string of the molecule is Nc1onc(-c2ccc(F)c(Br)c2)c1-c1cccc(F)c1. The van der Waals surface area contributed by atoms with Gasteiger partial charge >= 0.3 is 0 Å². The second kappa shape index (κ2) is 5.29. The van der Waals surface area contributed by atoms with Crippen LogP contribution in [0.5, 0.6) is 0 Å². The molecule has 2 aromatic carbocycles. The molecule has 0 spiro atoms. The van der Waals surface area contributed by atoms with E-state index in [-0.39, 0.29) is 17.5 Å². The van der Waals surface area contributed by atoms with Gasteiger partial charge in [-0.1, -0.05) is 17.3 Å². The number of benzene rings is 2. The van der Waals surface area contributed by atoms with Crippen LogP contribution >= 0.6 is 15.9 Å². The van der Waals surface area contributed by atoms with E-state index < -0.39 is 0 Å². The van der Waals surface area contributed by atoms with Gasteiger partial charge in [-0.15, -0.1) is 0 Å². The number of aromatic nitrogens is 1. The van der Waals surface area contributed by atoms with Gasteiger partial charge in [-0.3, -0.25) is 0 Å². The Labute approximate surface area is 127 Å². The van der Waals surface area contributed by atoms with Crippen LogP contribution < -0.4 is 5.73 Å². The van der Waals surface area contributed by atoms with Crippen LogP contribution in [0.1, 0.15) is 0 Å². The maximum absolute atomic E-state index is 13.4. The highest BCUT2D eigenvalue weighted by Crippen LogP contribution is 2.37. The van der Waals surface area contributed by atoms with Crippen molar-refractivity contribution in [1.82, 2.24) is 5.16 Å². The van der Waals surface area contributed by atoms with E-state index in [4.69, 9.17) is 10.3 Å². The number of hydrogen-bond acceptors (Lipinski definition) is 3. The minimum atomic E-state index is -0.390. The van der Waals surface area contributed by atoms with Crippen LogP contribution in [-0.4, -0.2) is 5.16 Å². The van der Waals surface area contributed by atoms with Crippen molar-refractivity contribution >= 4 is 21.8 Å². The standard InChI is InChI=1S/C15H9BrF2N2O/c16-11-7-9(4-5-12(11)18)14-13(15(19)21-20-14)8-2-1-3-10(17)6-8/h1-7H,19H2. The zero-order chi connectivity index (χ0) is 15.0. The van der Waals surface area contributed by atoms with Crippen molar-refractivity contribution in [3.8, 4) is 22.4 Å². The molecule has 3 aromatic rings. The molecule has 0 amide bonds. The fourth-order valence-corrected chi connectivity index (χ4v) is 2.45. The lowest BCUT2D eigenvalue weighted by Crippen LogP contribution is -1.89. The highest BCUT2D eigenvalue weighted by molar-refractivity contribution is 9.10. The first-order valence-corrected chi connectivity index (χ1v) is 6.82. The van der Waals surface area contributed by atoms with Crippen molar-refractivity contribution in [1.29, 1.82) is 0 Å². The van der Waals surface area contributed by atoms with Gasteiger partial charge in [0.1, 0.15) is 17.3 Å². The topological polar surface area (TPSA) is 52.0 Å². The summed E-state index contributed by atoms with van der Waals surface area (Å²) in [5, 5.41) is 3.90. The van der Waals surface area contributed by atoms with E-state index in [9.17, 15) is 8.78 Å². The molecule has 3 nitrogen and oxygen atoms in total. The zero-order valence-corrected chi connectivity index (χ0v) is 12.2. The summed E-state index contributed by atoms with van der Waals surface area (Å²) >= 11 is 3.12. The lowest BCUT2D eigenvalue weighted by atomic mass is 10.0. The Morgan fingerprint density at radius 3 is 2.57 bits per heavy atom. The fraction of sp³-hybridized carbons (Fsp3) is 0. The minimum Gasteiger partial charge on any atom is -0.367 e. The van der Waals surface area contributed by atoms with E-state index in [1.54, 1.807) is 24.3 Å². The third-order valence-corrected chi connectivity index (χ3v) is 3.63. The molecule has 6 heteroatoms. The molecule has 0 saturated heterocycles. The fourth-order valence-electron chi connectivity index (χ4n) is 2.07. The van der Waals surface area contributed by atoms with Crippen molar-refractivity contribution in [2.24, 2.45) is 0 Å². The van der Waals surface area contributed by atoms with Crippen LogP contribution in [0.4, 0.5) is 14.7 Å². The lowest BCUT2D eigenvalue weighted by Gasteiger charge is -2.04. The quantitative estimate of drug-likeness (QED) is 0.732. The van der Waals surface area contributed by atoms with E-state index >= 15 is 0 Å². The van der Waals surface area contributed by atoms with Gasteiger partial charge < -0.3 is 10.3 Å². The summed E-state index contributed by atoms with van der Waals surface area (Å²) in [5.74, 6) is -0.696. The Hall–Kier alpha value is -2.21. The highest BCUT2D eigenvalue weighted by Gasteiger charge is 2.18. The number of nitrogens with zero attached hydrogens (tertiary/aromatic N) is 1. The number of anilines is 1. The largest absolute Gasteiger partial charge is 0.367 e. The molecule has 0 aliphatic rings. The summed E-state index contributed by atoms with van der Waals surface area (Å²) in [4.78, 5) is 0. The molecule has 1 aromatic heterocycles. The van der Waals surface area contributed by atoms with Gasteiger partial charge in [-0.05, 0) is 51.8 Å². The summed E-state index contributed by atoms with van der Waals surface area (Å²) < 4.78 is 32.0. The summed E-state index contributed by atoms with van der Waals surface area (Å²) in [6.45, 7) is 0. The van der Waals surface area contributed by atoms with Gasteiger partial charge in [0.05, 0.1) is 10.0 Å². The third-order valence-electron chi connectivity index (χ3n) is 3.02. The molecule has 0 aliphatic heterocycles. The van der Waals surface area contributed by atoms with Crippen molar-refractivity contribution in [2.75, 3.05) is 5.73 Å². The molecule has 0 bridgehead atoms. The summed E-state index contributed by atoms with van der Waals surface area (Å²) in [6.07, 6.45) is 0. The van der Waals surface area contributed by atoms with Gasteiger partial charge in [0.25, 0.3) is 0 Å². The second-order valence-corrected chi connectivity index (χ2v) is 5.26. The van der Waals surface area contributed by atoms with Gasteiger partial charge in [-0.25, -0.2) is 8.78 Å². The molecule has 0 aliphatic carbocycles. The predicted molar refractivity (Wildman–Crippen MR) is 79.4 cm³/mol. The van der Waals surface area contributed by atoms with Gasteiger partial charge in [0.15, 0.2) is 0 Å². The maximum atomic E-state index is 13.4. The molecular weight excluding hydrogens is 342 g/mol. The van der Waals surface area contributed by atoms with E-state index in [0.29, 0.717) is 26.9 Å². The Bertz CT molecular complexity index is 817. The molecule has 2 N–H and O–H groups in total. The first-order chi connectivity index (χ1) is 10.1. The van der Waals surface area contributed by atoms with Gasteiger partial charge in [0, 0.05) is 5.56 Å². The molecule has 0 unspecified atom stereocenters. The average Bonchev–Trinajstić information content (AvgIpc) is 2.84. The molecule has 1 heterocycles. The summed E-state index contributed by atoms with van der Waals surface area (Å²) in [5.41, 5.74) is 7.86. The molecule has 0 radical (unpaired) electrons. The number of rotatable bonds is 2. The number of halogens is 3. The zero-order valence-electron chi connectivity index (χ0n) is 10.6. The average molecular weight is 351 g/mol. The molecule has 21 heavy (non-hydrogen) atoms. The lowest BCUT2D eigenvalue weighted by molar-refractivity contribution is 0.439. The van der Waals surface area contributed by atoms with Crippen molar-refractivity contribution in [3.63, 3.8) is 0 Å². The first kappa shape index (κ1) is 13.8. The minimum absolute atomic E-state index is 0.0797. The molecule has 0 fully saturated rings. The summed E-state index contributed by atoms with van der Waals surface area (Å²) in [7, 11) is 0. The van der Waals surface area contributed by atoms with Crippen molar-refractivity contribution < 1.29 is 13.3 Å². The number of nitrogen functional groups attached to an aromatic ring is 1. The molecule has 0 saturated carbocycles. The van der Waals surface area contributed by atoms with Crippen LogP contribution in [-0.2, 0) is 0 Å². The van der Waals surface area contributed by atoms with Crippen molar-refractivity contribution in [3.05, 3.63) is 58.6 Å². The predicted octanol–water partition coefficient (Wildman–Crippen LogP) is 4.63. The van der Waals surface area contributed by atoms with Crippen molar-refractivity contribution in [2.45, 2.75) is 0 Å². The Morgan fingerprint density at radius 2 is 1.86 bits per heavy atom. The first-order valence-electron chi connectivity index (χ1n) is 6.03. The Morgan fingerprint density at radius 1 is 1.05 bits per heavy atom. The van der Waals surface area contributed by atoms with Crippen LogP contribution in [0.25, 0.3) is 22.4 Å². The Balaban J connectivity index is 2.19. The summed E-state index contributed by atoms with van der Waals surface area (Å²) in [6, 6.07) is 10.4. The van der Waals surface area contributed by atoms with Gasteiger partial charge in [0.2, 0.25) is 5.88 Å². The number of hydrogen-bond donors (Lipinski definition) is 1. The van der Waals surface area contributed by atoms with Crippen LogP contribution in [0.2, 0.25) is 0 Å². The molecule has 0 atom stereocenters. The third kappa shape index (κ3) is 2.54. The molecular formula is C15H9BrF2N2O. The monoisotopic (exact) mass is 350 g/mol. The molecule has 106 valence electrons. The normalized spacial score (nSPS) is 10.8. The highest BCUT2D eigenvalue weighted by atomic mass is 79.9.